The molecule has 0 amide bonds. The van der Waals surface area contributed by atoms with E-state index in [0.29, 0.717) is 12.5 Å². The first-order chi connectivity index (χ1) is 5.36. The van der Waals surface area contributed by atoms with E-state index >= 15 is 0 Å². The molecule has 0 bridgehead atoms. The SMILES string of the molecule is O=C(Cn1cncn1)C1CC1. The first-order valence-corrected chi connectivity index (χ1v) is 3.71. The Balaban J connectivity index is 1.94. The molecule has 0 aliphatic heterocycles. The normalized spacial score (nSPS) is 16.7. The summed E-state index contributed by atoms with van der Waals surface area (Å²) >= 11 is 0. The van der Waals surface area contributed by atoms with Crippen molar-refractivity contribution in [1.29, 1.82) is 0 Å². The molecule has 1 aromatic rings. The van der Waals surface area contributed by atoms with Crippen molar-refractivity contribution >= 4 is 5.78 Å². The molecule has 0 N–H and O–H groups in total. The zero-order valence-corrected chi connectivity index (χ0v) is 6.10. The van der Waals surface area contributed by atoms with Gasteiger partial charge in [0.05, 0.1) is 0 Å². The van der Waals surface area contributed by atoms with E-state index in [1.807, 2.05) is 0 Å². The van der Waals surface area contributed by atoms with Crippen molar-refractivity contribution in [3.63, 3.8) is 0 Å². The lowest BCUT2D eigenvalue weighted by Gasteiger charge is -1.95. The van der Waals surface area contributed by atoms with Gasteiger partial charge >= 0.3 is 0 Å². The average Bonchev–Trinajstić information content (AvgIpc) is 2.73. The summed E-state index contributed by atoms with van der Waals surface area (Å²) < 4.78 is 1.57. The lowest BCUT2D eigenvalue weighted by atomic mass is 10.3. The van der Waals surface area contributed by atoms with Gasteiger partial charge in [-0.1, -0.05) is 0 Å². The van der Waals surface area contributed by atoms with E-state index < -0.39 is 0 Å². The van der Waals surface area contributed by atoms with Crippen molar-refractivity contribution in [3.05, 3.63) is 12.7 Å². The maximum Gasteiger partial charge on any atom is 0.157 e. The molecule has 58 valence electrons. The van der Waals surface area contributed by atoms with Crippen LogP contribution in [-0.2, 0) is 11.3 Å². The quantitative estimate of drug-likeness (QED) is 0.622. The standard InChI is InChI=1S/C7H9N3O/c11-7(6-1-2-6)3-10-5-8-4-9-10/h4-6H,1-3H2. The Kier molecular flexibility index (Phi) is 1.45. The minimum Gasteiger partial charge on any atom is -0.297 e. The molecule has 1 fully saturated rings. The first kappa shape index (κ1) is 6.52. The molecule has 0 spiro atoms. The number of Topliss-reactive ketones (excluding diaryl/α,β-unsaturated/α-hetero) is 1. The van der Waals surface area contributed by atoms with Crippen molar-refractivity contribution in [2.75, 3.05) is 0 Å². The van der Waals surface area contributed by atoms with Crippen LogP contribution >= 0.6 is 0 Å². The van der Waals surface area contributed by atoms with Crippen LogP contribution in [0.15, 0.2) is 12.7 Å². The van der Waals surface area contributed by atoms with Gasteiger partial charge in [0, 0.05) is 5.92 Å². The molecule has 0 saturated heterocycles. The monoisotopic (exact) mass is 151 g/mol. The third kappa shape index (κ3) is 1.45. The van der Waals surface area contributed by atoms with Crippen molar-refractivity contribution in [3.8, 4) is 0 Å². The molecule has 0 unspecified atom stereocenters. The van der Waals surface area contributed by atoms with Gasteiger partial charge in [0.2, 0.25) is 0 Å². The van der Waals surface area contributed by atoms with E-state index in [9.17, 15) is 4.79 Å². The molecule has 4 nitrogen and oxygen atoms in total. The highest BCUT2D eigenvalue weighted by atomic mass is 16.1. The van der Waals surface area contributed by atoms with Gasteiger partial charge in [-0.05, 0) is 12.8 Å². The molecule has 1 heterocycles. The number of rotatable bonds is 3. The highest BCUT2D eigenvalue weighted by molar-refractivity contribution is 5.82. The lowest BCUT2D eigenvalue weighted by molar-refractivity contribution is -0.121. The topological polar surface area (TPSA) is 47.8 Å². The van der Waals surface area contributed by atoms with Gasteiger partial charge in [0.1, 0.15) is 19.2 Å². The number of hydrogen-bond donors (Lipinski definition) is 0. The summed E-state index contributed by atoms with van der Waals surface area (Å²) in [5.41, 5.74) is 0. The number of carbonyl (C=O) groups excluding carboxylic acids is 1. The molecule has 11 heavy (non-hydrogen) atoms. The Labute approximate surface area is 64.2 Å². The molecule has 0 aromatic carbocycles. The zero-order chi connectivity index (χ0) is 7.68. The summed E-state index contributed by atoms with van der Waals surface area (Å²) in [5.74, 6) is 0.606. The van der Waals surface area contributed by atoms with Crippen molar-refractivity contribution in [1.82, 2.24) is 14.8 Å². The molecule has 1 aliphatic carbocycles. The highest BCUT2D eigenvalue weighted by Crippen LogP contribution is 2.29. The second kappa shape index (κ2) is 2.45. The van der Waals surface area contributed by atoms with E-state index in [0.717, 1.165) is 12.8 Å². The second-order valence-electron chi connectivity index (χ2n) is 2.83. The molecule has 0 radical (unpaired) electrons. The smallest absolute Gasteiger partial charge is 0.157 e. The third-order valence-corrected chi connectivity index (χ3v) is 1.82. The number of nitrogens with zero attached hydrogens (tertiary/aromatic N) is 3. The summed E-state index contributed by atoms with van der Waals surface area (Å²) in [6.07, 6.45) is 5.14. The van der Waals surface area contributed by atoms with Crippen molar-refractivity contribution in [2.45, 2.75) is 19.4 Å². The lowest BCUT2D eigenvalue weighted by Crippen LogP contribution is -2.11. The van der Waals surface area contributed by atoms with Crippen LogP contribution in [0.5, 0.6) is 0 Å². The van der Waals surface area contributed by atoms with Crippen LogP contribution in [0.4, 0.5) is 0 Å². The van der Waals surface area contributed by atoms with Gasteiger partial charge in [-0.15, -0.1) is 0 Å². The summed E-state index contributed by atoms with van der Waals surface area (Å²) in [5, 5.41) is 3.85. The Hall–Kier alpha value is -1.19. The van der Waals surface area contributed by atoms with Gasteiger partial charge in [-0.2, -0.15) is 5.10 Å². The van der Waals surface area contributed by atoms with Crippen LogP contribution in [-0.4, -0.2) is 20.5 Å². The van der Waals surface area contributed by atoms with E-state index in [2.05, 4.69) is 10.1 Å². The third-order valence-electron chi connectivity index (χ3n) is 1.82. The van der Waals surface area contributed by atoms with Gasteiger partial charge in [0.25, 0.3) is 0 Å². The Morgan fingerprint density at radius 3 is 3.00 bits per heavy atom. The molecular formula is C7H9N3O. The summed E-state index contributed by atoms with van der Waals surface area (Å²) in [6.45, 7) is 0.394. The summed E-state index contributed by atoms with van der Waals surface area (Å²) in [6, 6.07) is 0. The number of carbonyl (C=O) groups is 1. The number of aromatic nitrogens is 3. The van der Waals surface area contributed by atoms with Crippen LogP contribution in [0.1, 0.15) is 12.8 Å². The summed E-state index contributed by atoms with van der Waals surface area (Å²) in [4.78, 5) is 14.9. The predicted molar refractivity (Wildman–Crippen MR) is 37.8 cm³/mol. The minimum absolute atomic E-state index is 0.288. The van der Waals surface area contributed by atoms with Gasteiger partial charge in [0.15, 0.2) is 5.78 Å². The average molecular weight is 151 g/mol. The van der Waals surface area contributed by atoms with E-state index in [1.54, 1.807) is 11.0 Å². The van der Waals surface area contributed by atoms with E-state index in [1.165, 1.54) is 6.33 Å². The first-order valence-electron chi connectivity index (χ1n) is 3.71. The number of hydrogen-bond acceptors (Lipinski definition) is 3. The summed E-state index contributed by atoms with van der Waals surface area (Å²) in [7, 11) is 0. The van der Waals surface area contributed by atoms with Gasteiger partial charge < -0.3 is 0 Å². The molecule has 1 saturated carbocycles. The van der Waals surface area contributed by atoms with Gasteiger partial charge in [-0.3, -0.25) is 4.79 Å². The van der Waals surface area contributed by atoms with Crippen LogP contribution in [0, 0.1) is 5.92 Å². The van der Waals surface area contributed by atoms with E-state index in [-0.39, 0.29) is 5.78 Å². The van der Waals surface area contributed by atoms with Crippen molar-refractivity contribution in [2.24, 2.45) is 5.92 Å². The predicted octanol–water partition coefficient (Wildman–Crippen LogP) is 0.257. The molecule has 0 atom stereocenters. The minimum atomic E-state index is 0.288. The number of ketones is 1. The highest BCUT2D eigenvalue weighted by Gasteiger charge is 2.29. The largest absolute Gasteiger partial charge is 0.297 e. The second-order valence-corrected chi connectivity index (χ2v) is 2.83. The maximum absolute atomic E-state index is 11.2. The van der Waals surface area contributed by atoms with Crippen LogP contribution in [0.3, 0.4) is 0 Å². The zero-order valence-electron chi connectivity index (χ0n) is 6.10. The Morgan fingerprint density at radius 2 is 2.45 bits per heavy atom. The van der Waals surface area contributed by atoms with Crippen LogP contribution < -0.4 is 0 Å². The van der Waals surface area contributed by atoms with Crippen LogP contribution in [0.2, 0.25) is 0 Å². The fourth-order valence-electron chi connectivity index (χ4n) is 1.01. The van der Waals surface area contributed by atoms with Crippen molar-refractivity contribution < 1.29 is 4.79 Å². The van der Waals surface area contributed by atoms with E-state index in [4.69, 9.17) is 0 Å². The molecular weight excluding hydrogens is 142 g/mol. The molecule has 1 aromatic heterocycles. The Bertz CT molecular complexity index is 251. The maximum atomic E-state index is 11.2. The Morgan fingerprint density at radius 1 is 1.64 bits per heavy atom. The van der Waals surface area contributed by atoms with Crippen LogP contribution in [0.25, 0.3) is 0 Å². The fourth-order valence-corrected chi connectivity index (χ4v) is 1.01. The molecule has 1 aliphatic rings. The fraction of sp³-hybridized carbons (Fsp3) is 0.571. The van der Waals surface area contributed by atoms with Gasteiger partial charge in [-0.25, -0.2) is 9.67 Å². The molecule has 4 heteroatoms. The molecule has 2 rings (SSSR count).